The van der Waals surface area contributed by atoms with E-state index in [1.807, 2.05) is 11.3 Å². The molecule has 0 bridgehead atoms. The van der Waals surface area contributed by atoms with Gasteiger partial charge in [0, 0.05) is 53.7 Å². The van der Waals surface area contributed by atoms with E-state index in [1.54, 1.807) is 0 Å². The normalized spacial score (nSPS) is 12.8. The van der Waals surface area contributed by atoms with Crippen LogP contribution in [-0.2, 0) is 5.41 Å². The Bertz CT molecular complexity index is 3640. The monoisotopic (exact) mass is 832 g/mol. The molecular formula is C61H40N2S. The van der Waals surface area contributed by atoms with Gasteiger partial charge in [-0.25, -0.2) is 0 Å². The van der Waals surface area contributed by atoms with Gasteiger partial charge in [-0.2, -0.15) is 0 Å². The van der Waals surface area contributed by atoms with E-state index in [0.29, 0.717) is 0 Å². The fourth-order valence-electron chi connectivity index (χ4n) is 10.8. The smallest absolute Gasteiger partial charge is 0.0713 e. The number of anilines is 3. The minimum atomic E-state index is -0.469. The van der Waals surface area contributed by atoms with Crippen molar-refractivity contribution < 1.29 is 0 Å². The van der Waals surface area contributed by atoms with E-state index in [0.717, 1.165) is 22.7 Å². The highest BCUT2D eigenvalue weighted by Crippen LogP contribution is 2.57. The molecular weight excluding hydrogens is 793 g/mol. The van der Waals surface area contributed by atoms with Gasteiger partial charge in [-0.3, -0.25) is 0 Å². The van der Waals surface area contributed by atoms with Crippen LogP contribution in [-0.4, -0.2) is 4.57 Å². The molecule has 0 saturated heterocycles. The number of benzene rings is 10. The van der Waals surface area contributed by atoms with Crippen LogP contribution in [0.5, 0.6) is 0 Å². The number of rotatable bonds is 7. The van der Waals surface area contributed by atoms with Crippen LogP contribution >= 0.6 is 11.3 Å². The van der Waals surface area contributed by atoms with Crippen molar-refractivity contribution in [2.75, 3.05) is 4.90 Å². The molecule has 0 unspecified atom stereocenters. The molecule has 0 atom stereocenters. The van der Waals surface area contributed by atoms with Crippen molar-refractivity contribution in [2.45, 2.75) is 5.41 Å². The van der Waals surface area contributed by atoms with Gasteiger partial charge < -0.3 is 9.47 Å². The molecule has 1 aliphatic carbocycles. The molecule has 2 heterocycles. The van der Waals surface area contributed by atoms with Gasteiger partial charge in [0.15, 0.2) is 0 Å². The first kappa shape index (κ1) is 36.7. The van der Waals surface area contributed by atoms with Crippen molar-refractivity contribution in [3.05, 3.63) is 265 Å². The van der Waals surface area contributed by atoms with Gasteiger partial charge >= 0.3 is 0 Å². The van der Waals surface area contributed by atoms with Crippen molar-refractivity contribution in [1.29, 1.82) is 0 Å². The summed E-state index contributed by atoms with van der Waals surface area (Å²) in [5.74, 6) is 0. The quantitative estimate of drug-likeness (QED) is 0.155. The van der Waals surface area contributed by atoms with Crippen molar-refractivity contribution in [3.63, 3.8) is 0 Å². The van der Waals surface area contributed by atoms with E-state index in [-0.39, 0.29) is 0 Å². The van der Waals surface area contributed by atoms with Crippen LogP contribution in [0, 0.1) is 0 Å². The van der Waals surface area contributed by atoms with Gasteiger partial charge in [-0.15, -0.1) is 11.3 Å². The molecule has 3 heteroatoms. The first-order valence-corrected chi connectivity index (χ1v) is 22.8. The van der Waals surface area contributed by atoms with Crippen LogP contribution in [0.25, 0.3) is 69.9 Å². The Hall–Kier alpha value is -7.98. The average molecular weight is 833 g/mol. The van der Waals surface area contributed by atoms with Crippen molar-refractivity contribution >= 4 is 70.4 Å². The lowest BCUT2D eigenvalue weighted by Crippen LogP contribution is -2.28. The fourth-order valence-corrected chi connectivity index (χ4v) is 12.0. The predicted molar refractivity (Wildman–Crippen MR) is 271 cm³/mol. The number of para-hydroxylation sites is 2. The fraction of sp³-hybridized carbons (Fsp3) is 0.0164. The van der Waals surface area contributed by atoms with Gasteiger partial charge in [-0.05, 0) is 105 Å². The Morgan fingerprint density at radius 1 is 0.359 bits per heavy atom. The second kappa shape index (κ2) is 14.6. The average Bonchev–Trinajstić information content (AvgIpc) is 4.02. The minimum Gasteiger partial charge on any atom is -0.310 e. The summed E-state index contributed by atoms with van der Waals surface area (Å²) in [7, 11) is 0. The molecule has 0 saturated carbocycles. The van der Waals surface area contributed by atoms with Gasteiger partial charge in [0.05, 0.1) is 16.4 Å². The Balaban J connectivity index is 1.02. The molecule has 0 radical (unpaired) electrons. The van der Waals surface area contributed by atoms with Crippen LogP contribution in [0.15, 0.2) is 243 Å². The minimum absolute atomic E-state index is 0.469. The van der Waals surface area contributed by atoms with Crippen molar-refractivity contribution in [3.8, 4) is 27.9 Å². The topological polar surface area (TPSA) is 8.17 Å². The van der Waals surface area contributed by atoms with E-state index in [4.69, 9.17) is 0 Å². The summed E-state index contributed by atoms with van der Waals surface area (Å²) in [4.78, 5) is 2.44. The second-order valence-corrected chi connectivity index (χ2v) is 17.9. The summed E-state index contributed by atoms with van der Waals surface area (Å²) in [5.41, 5.74) is 16.4. The maximum atomic E-state index is 2.44. The highest BCUT2D eigenvalue weighted by atomic mass is 32.1. The largest absolute Gasteiger partial charge is 0.310 e. The van der Waals surface area contributed by atoms with Gasteiger partial charge in [0.25, 0.3) is 0 Å². The molecule has 0 spiro atoms. The van der Waals surface area contributed by atoms with E-state index in [2.05, 4.69) is 252 Å². The maximum absolute atomic E-state index is 2.44. The van der Waals surface area contributed by atoms with E-state index in [1.165, 1.54) is 86.5 Å². The van der Waals surface area contributed by atoms with Crippen LogP contribution < -0.4 is 4.90 Å². The van der Waals surface area contributed by atoms with Crippen molar-refractivity contribution in [1.82, 2.24) is 4.57 Å². The molecule has 0 aliphatic heterocycles. The first-order valence-electron chi connectivity index (χ1n) is 22.0. The summed E-state index contributed by atoms with van der Waals surface area (Å²) in [6.07, 6.45) is 0. The Morgan fingerprint density at radius 2 is 0.906 bits per heavy atom. The van der Waals surface area contributed by atoms with Crippen LogP contribution in [0.4, 0.5) is 17.1 Å². The predicted octanol–water partition coefficient (Wildman–Crippen LogP) is 16.7. The van der Waals surface area contributed by atoms with E-state index < -0.39 is 5.41 Å². The third-order valence-corrected chi connectivity index (χ3v) is 14.7. The molecule has 1 aliphatic rings. The Labute approximate surface area is 376 Å². The van der Waals surface area contributed by atoms with Gasteiger partial charge in [0.2, 0.25) is 0 Å². The first-order chi connectivity index (χ1) is 31.8. The summed E-state index contributed by atoms with van der Waals surface area (Å²) in [6.45, 7) is 0. The lowest BCUT2D eigenvalue weighted by Gasteiger charge is -2.34. The van der Waals surface area contributed by atoms with Crippen LogP contribution in [0.2, 0.25) is 0 Å². The summed E-state index contributed by atoms with van der Waals surface area (Å²) in [5, 5.41) is 5.13. The van der Waals surface area contributed by atoms with Gasteiger partial charge in [-0.1, -0.05) is 182 Å². The molecule has 0 amide bonds. The van der Waals surface area contributed by atoms with Gasteiger partial charge in [0.1, 0.15) is 0 Å². The lowest BCUT2D eigenvalue weighted by molar-refractivity contribution is 0.768. The standard InChI is InChI=1S/C61H40N2S/c1-3-17-42(18-4-1)61(43-19-5-2-6-20-43)55-29-11-7-23-49(55)54-40-47(37-38-56(54)61)62(44-35-33-41(34-36-44)48-27-16-28-53-52-26-10-14-32-59(52)64-60(48)53)45-21-15-22-46(39-45)63-57-30-12-8-24-50(57)51-25-9-13-31-58(51)63/h1-40H. The molecule has 12 aromatic rings. The zero-order chi connectivity index (χ0) is 42.2. The molecule has 13 rings (SSSR count). The number of thiophene rings is 1. The number of fused-ring (bicyclic) bond motifs is 9. The number of nitrogens with zero attached hydrogens (tertiary/aromatic N) is 2. The highest BCUT2D eigenvalue weighted by Gasteiger charge is 2.46. The molecule has 64 heavy (non-hydrogen) atoms. The Morgan fingerprint density at radius 3 is 1.64 bits per heavy atom. The molecule has 0 fully saturated rings. The van der Waals surface area contributed by atoms with E-state index in [9.17, 15) is 0 Å². The SMILES string of the molecule is c1ccc(C2(c3ccccc3)c3ccccc3-c3cc(N(c4ccc(-c5cccc6c5sc5ccccc56)cc4)c4cccc(-n5c6ccccc6c6ccccc65)c4)ccc32)cc1. The molecule has 10 aromatic carbocycles. The van der Waals surface area contributed by atoms with E-state index >= 15 is 0 Å². The number of hydrogen-bond acceptors (Lipinski definition) is 2. The Kier molecular flexibility index (Phi) is 8.34. The van der Waals surface area contributed by atoms with Crippen molar-refractivity contribution in [2.24, 2.45) is 0 Å². The summed E-state index contributed by atoms with van der Waals surface area (Å²) >= 11 is 1.88. The number of aromatic nitrogens is 1. The van der Waals surface area contributed by atoms with Crippen LogP contribution in [0.3, 0.4) is 0 Å². The second-order valence-electron chi connectivity index (χ2n) is 16.8. The number of hydrogen-bond donors (Lipinski definition) is 0. The third-order valence-electron chi connectivity index (χ3n) is 13.5. The summed E-state index contributed by atoms with van der Waals surface area (Å²) < 4.78 is 5.05. The lowest BCUT2D eigenvalue weighted by atomic mass is 9.68. The third kappa shape index (κ3) is 5.44. The molecule has 300 valence electrons. The molecule has 2 nitrogen and oxygen atoms in total. The maximum Gasteiger partial charge on any atom is 0.0713 e. The zero-order valence-electron chi connectivity index (χ0n) is 34.9. The van der Waals surface area contributed by atoms with Crippen LogP contribution in [0.1, 0.15) is 22.3 Å². The molecule has 2 aromatic heterocycles. The highest BCUT2D eigenvalue weighted by molar-refractivity contribution is 7.26. The molecule has 0 N–H and O–H groups in total. The zero-order valence-corrected chi connectivity index (χ0v) is 35.7. The summed E-state index contributed by atoms with van der Waals surface area (Å²) in [6, 6.07) is 89.5.